The molecule has 0 amide bonds. The maximum Gasteiger partial charge on any atom is 2.00 e. The maximum atomic E-state index is 0. The van der Waals surface area contributed by atoms with E-state index in [0.717, 1.165) is 0 Å². The fourth-order valence-corrected chi connectivity index (χ4v) is 0. The number of hydrogen-bond acceptors (Lipinski definition) is 0. The van der Waals surface area contributed by atoms with E-state index in [0.29, 0.717) is 0 Å². The summed E-state index contributed by atoms with van der Waals surface area (Å²) in [4.78, 5) is 0. The van der Waals surface area contributed by atoms with Crippen LogP contribution in [-0.4, -0.2) is 0 Å². The van der Waals surface area contributed by atoms with Crippen LogP contribution in [0.15, 0.2) is 0 Å². The zero-order valence-electron chi connectivity index (χ0n) is 3.01. The molecule has 0 rings (SSSR count). The molecule has 58 valence electrons. The molecule has 8 heavy (non-hydrogen) atoms. The largest absolute Gasteiger partial charge is 2.00 e. The van der Waals surface area contributed by atoms with E-state index < -0.39 is 0 Å². The predicted octanol–water partition coefficient (Wildman–Crippen LogP) is -0.485. The maximum absolute atomic E-state index is 0. The van der Waals surface area contributed by atoms with Gasteiger partial charge in [0.2, 0.25) is 0 Å². The molecule has 0 bridgehead atoms. The van der Waals surface area contributed by atoms with Gasteiger partial charge >= 0.3 is 67.4 Å². The van der Waals surface area contributed by atoms with E-state index in [2.05, 4.69) is 0 Å². The summed E-state index contributed by atoms with van der Waals surface area (Å²) in [6.45, 7) is 0. The molecule has 8 heteroatoms. The Balaban J connectivity index is 0. The Bertz CT molecular complexity index is 16.0. The molecule has 0 heterocycles. The normalized spacial score (nSPS) is 0. The summed E-state index contributed by atoms with van der Waals surface area (Å²) in [7, 11) is 0. The van der Waals surface area contributed by atoms with Crippen molar-refractivity contribution in [3.05, 3.63) is 0 Å². The van der Waals surface area contributed by atoms with Gasteiger partial charge in [-0.1, -0.05) is 0 Å². The van der Waals surface area contributed by atoms with E-state index in [4.69, 9.17) is 0 Å². The first-order valence-corrected chi connectivity index (χ1v) is 0. The van der Waals surface area contributed by atoms with E-state index in [9.17, 15) is 0 Å². The van der Waals surface area contributed by atoms with Gasteiger partial charge in [0.05, 0.1) is 0 Å². The topological polar surface area (TPSA) is 114 Å². The summed E-state index contributed by atoms with van der Waals surface area (Å²) in [5.41, 5.74) is 0. The van der Waals surface area contributed by atoms with Crippen LogP contribution in [0.3, 0.4) is 0 Å². The minimum Gasteiger partial charge on any atom is -2.00 e. The van der Waals surface area contributed by atoms with Gasteiger partial charge in [0, 0.05) is 0 Å². The molecule has 0 unspecified atom stereocenters. The quantitative estimate of drug-likeness (QED) is 0.536. The van der Waals surface area contributed by atoms with Crippen LogP contribution in [0.25, 0.3) is 0 Å². The molecule has 0 aromatic carbocycles. The first-order valence-electron chi connectivity index (χ1n) is 0. The van der Waals surface area contributed by atoms with Crippen LogP contribution in [0, 0.1) is 0 Å². The van der Waals surface area contributed by atoms with Gasteiger partial charge < -0.3 is 21.9 Å². The molecule has 4 nitrogen and oxygen atoms in total. The Hall–Kier alpha value is 1.88. The minimum absolute atomic E-state index is 0. The molecule has 0 aliphatic rings. The molecule has 0 N–H and O–H groups in total. The van der Waals surface area contributed by atoms with Crippen molar-refractivity contribution in [1.82, 2.24) is 0 Å². The fraction of sp³-hybridized carbons (Fsp3) is 0. The average molecular weight is 292 g/mol. The Morgan fingerprint density at radius 1 is 0.625 bits per heavy atom. The molecular formula is CoFeMnNiO4. The summed E-state index contributed by atoms with van der Waals surface area (Å²) in [6.07, 6.45) is 0. The van der Waals surface area contributed by atoms with Gasteiger partial charge in [-0.3, -0.25) is 0 Å². The third-order valence-electron chi connectivity index (χ3n) is 0. The van der Waals surface area contributed by atoms with E-state index in [1.54, 1.807) is 0 Å². The summed E-state index contributed by atoms with van der Waals surface area (Å²) in [5, 5.41) is 0. The van der Waals surface area contributed by atoms with Crippen LogP contribution in [0.2, 0.25) is 0 Å². The van der Waals surface area contributed by atoms with Crippen LogP contribution >= 0.6 is 0 Å². The van der Waals surface area contributed by atoms with Gasteiger partial charge in [0.1, 0.15) is 0 Å². The van der Waals surface area contributed by atoms with Crippen LogP contribution in [0.4, 0.5) is 0 Å². The van der Waals surface area contributed by atoms with Crippen molar-refractivity contribution in [1.29, 1.82) is 0 Å². The first kappa shape index (κ1) is 221. The van der Waals surface area contributed by atoms with Crippen LogP contribution in [-0.2, 0) is 89.3 Å². The molecule has 0 fully saturated rings. The van der Waals surface area contributed by atoms with Gasteiger partial charge in [-0.2, -0.15) is 0 Å². The van der Waals surface area contributed by atoms with Gasteiger partial charge in [0.25, 0.3) is 0 Å². The smallest absolute Gasteiger partial charge is 2.00 e. The van der Waals surface area contributed by atoms with E-state index in [1.807, 2.05) is 0 Å². The second kappa shape index (κ2) is 156. The second-order valence-corrected chi connectivity index (χ2v) is 0. The van der Waals surface area contributed by atoms with E-state index in [-0.39, 0.29) is 89.3 Å². The van der Waals surface area contributed by atoms with Crippen LogP contribution in [0.1, 0.15) is 0 Å². The van der Waals surface area contributed by atoms with Crippen molar-refractivity contribution < 1.29 is 89.3 Å². The molecule has 0 aliphatic heterocycles. The number of rotatable bonds is 0. The van der Waals surface area contributed by atoms with Crippen molar-refractivity contribution in [2.75, 3.05) is 0 Å². The third-order valence-corrected chi connectivity index (χ3v) is 0. The summed E-state index contributed by atoms with van der Waals surface area (Å²) in [6, 6.07) is 0. The molecule has 0 spiro atoms. The van der Waals surface area contributed by atoms with E-state index >= 15 is 0 Å². The standard InChI is InChI=1S/Co.Fe.Mn.Ni.4O/q4*+2;4*-2. The molecule has 0 aromatic heterocycles. The van der Waals surface area contributed by atoms with Crippen molar-refractivity contribution in [3.63, 3.8) is 0 Å². The zero-order chi connectivity index (χ0) is 0. The van der Waals surface area contributed by atoms with Crippen molar-refractivity contribution in [2.45, 2.75) is 0 Å². The van der Waals surface area contributed by atoms with Crippen LogP contribution < -0.4 is 0 Å². The van der Waals surface area contributed by atoms with Crippen molar-refractivity contribution >= 4 is 0 Å². The zero-order valence-corrected chi connectivity index (χ0v) is 7.33. The minimum atomic E-state index is 0. The van der Waals surface area contributed by atoms with Gasteiger partial charge in [-0.05, 0) is 0 Å². The molecule has 0 saturated heterocycles. The Morgan fingerprint density at radius 2 is 0.625 bits per heavy atom. The SMILES string of the molecule is [Co+2].[Fe+2].[Mn+2].[Ni+2].[O-2].[O-2].[O-2].[O-2]. The fourth-order valence-electron chi connectivity index (χ4n) is 0. The van der Waals surface area contributed by atoms with Crippen LogP contribution in [0.5, 0.6) is 0 Å². The average Bonchev–Trinajstić information content (AvgIpc) is 0. The molecule has 0 saturated carbocycles. The van der Waals surface area contributed by atoms with Gasteiger partial charge in [-0.15, -0.1) is 0 Å². The molecule has 2 radical (unpaired) electrons. The summed E-state index contributed by atoms with van der Waals surface area (Å²) >= 11 is 0. The Morgan fingerprint density at radius 3 is 0.625 bits per heavy atom. The predicted molar refractivity (Wildman–Crippen MR) is 2.75 cm³/mol. The monoisotopic (exact) mass is 292 g/mol. The Labute approximate surface area is 88.8 Å². The van der Waals surface area contributed by atoms with Gasteiger partial charge in [0.15, 0.2) is 0 Å². The summed E-state index contributed by atoms with van der Waals surface area (Å²) in [5.74, 6) is 0. The van der Waals surface area contributed by atoms with Crippen molar-refractivity contribution in [2.24, 2.45) is 0 Å². The second-order valence-electron chi connectivity index (χ2n) is 0. The molecule has 0 atom stereocenters. The first-order chi connectivity index (χ1) is 0. The molecular weight excluding hydrogens is 292 g/mol. The third kappa shape index (κ3) is 106. The molecule has 0 aromatic rings. The Kier molecular flexibility index (Phi) is 4310. The van der Waals surface area contributed by atoms with Crippen molar-refractivity contribution in [3.8, 4) is 0 Å². The van der Waals surface area contributed by atoms with Gasteiger partial charge in [-0.25, -0.2) is 0 Å². The molecule has 0 aliphatic carbocycles. The summed E-state index contributed by atoms with van der Waals surface area (Å²) < 4.78 is 0. The number of hydrogen-bond donors (Lipinski definition) is 0. The van der Waals surface area contributed by atoms with E-state index in [1.165, 1.54) is 0 Å².